The highest BCUT2D eigenvalue weighted by Gasteiger charge is 2.30. The van der Waals surface area contributed by atoms with Gasteiger partial charge in [0.1, 0.15) is 6.04 Å². The number of nitrogens with zero attached hydrogens (tertiary/aromatic N) is 3. The van der Waals surface area contributed by atoms with Crippen LogP contribution in [-0.2, 0) is 4.79 Å². The summed E-state index contributed by atoms with van der Waals surface area (Å²) in [6, 6.07) is -0.293. The lowest BCUT2D eigenvalue weighted by molar-refractivity contribution is -0.124. The summed E-state index contributed by atoms with van der Waals surface area (Å²) >= 11 is 0. The molecule has 0 aromatic carbocycles. The molecule has 1 aromatic rings. The molecule has 7 nitrogen and oxygen atoms in total. The fraction of sp³-hybridized carbons (Fsp3) is 0.667. The molecule has 1 aliphatic rings. The van der Waals surface area contributed by atoms with Gasteiger partial charge in [-0.25, -0.2) is 9.48 Å². The number of hydrogen-bond acceptors (Lipinski definition) is 4. The van der Waals surface area contributed by atoms with Gasteiger partial charge in [-0.15, -0.1) is 5.10 Å². The number of carboxylic acid groups (broad SMARTS) is 1. The molecule has 1 unspecified atom stereocenters. The molecule has 0 bridgehead atoms. The van der Waals surface area contributed by atoms with Crippen LogP contribution in [0.2, 0.25) is 0 Å². The molecule has 1 aliphatic carbocycles. The summed E-state index contributed by atoms with van der Waals surface area (Å²) in [5.41, 5.74) is 0.395. The number of rotatable bonds is 5. The van der Waals surface area contributed by atoms with Gasteiger partial charge in [-0.2, -0.15) is 0 Å². The Morgan fingerprint density at radius 1 is 1.37 bits per heavy atom. The van der Waals surface area contributed by atoms with Gasteiger partial charge >= 0.3 is 5.97 Å². The topological polar surface area (TPSA) is 97.1 Å². The first-order valence-electron chi connectivity index (χ1n) is 6.40. The highest BCUT2D eigenvalue weighted by atomic mass is 16.4. The van der Waals surface area contributed by atoms with Crippen molar-refractivity contribution in [2.45, 2.75) is 51.6 Å². The van der Waals surface area contributed by atoms with E-state index in [0.717, 1.165) is 12.8 Å². The third kappa shape index (κ3) is 2.74. The quantitative estimate of drug-likeness (QED) is 0.826. The fourth-order valence-corrected chi connectivity index (χ4v) is 1.94. The van der Waals surface area contributed by atoms with Crippen LogP contribution in [0.5, 0.6) is 0 Å². The minimum absolute atomic E-state index is 0.0720. The van der Waals surface area contributed by atoms with Crippen LogP contribution in [0, 0.1) is 0 Å². The normalized spacial score (nSPS) is 16.4. The standard InChI is InChI=1S/C12H18N4O3/c1-6(2)10-9(12(18)19)14-15-16(10)7(3)11(17)13-8-4-5-8/h6-8H,4-5H2,1-3H3,(H,13,17)(H,18,19). The lowest BCUT2D eigenvalue weighted by Crippen LogP contribution is -2.33. The predicted octanol–water partition coefficient (Wildman–Crippen LogP) is 0.939. The minimum atomic E-state index is -1.12. The molecular weight excluding hydrogens is 248 g/mol. The molecule has 0 aliphatic heterocycles. The number of hydrogen-bond donors (Lipinski definition) is 2. The summed E-state index contributed by atoms with van der Waals surface area (Å²) in [7, 11) is 0. The number of aromatic nitrogens is 3. The van der Waals surface area contributed by atoms with Crippen molar-refractivity contribution in [3.8, 4) is 0 Å². The number of carbonyl (C=O) groups is 2. The Kier molecular flexibility index (Phi) is 3.55. The summed E-state index contributed by atoms with van der Waals surface area (Å²) in [5, 5.41) is 19.5. The molecule has 1 aromatic heterocycles. The van der Waals surface area contributed by atoms with Gasteiger partial charge in [0, 0.05) is 6.04 Å². The lowest BCUT2D eigenvalue weighted by Gasteiger charge is -2.16. The van der Waals surface area contributed by atoms with Crippen LogP contribution in [0.3, 0.4) is 0 Å². The zero-order valence-electron chi connectivity index (χ0n) is 11.3. The van der Waals surface area contributed by atoms with Crippen LogP contribution in [0.4, 0.5) is 0 Å². The fourth-order valence-electron chi connectivity index (χ4n) is 1.94. The van der Waals surface area contributed by atoms with E-state index in [1.807, 2.05) is 13.8 Å². The molecular formula is C12H18N4O3. The predicted molar refractivity (Wildman–Crippen MR) is 66.9 cm³/mol. The first-order chi connectivity index (χ1) is 8.91. The van der Waals surface area contributed by atoms with Gasteiger partial charge in [-0.1, -0.05) is 19.1 Å². The van der Waals surface area contributed by atoms with Crippen LogP contribution in [0.1, 0.15) is 61.8 Å². The molecule has 0 radical (unpaired) electrons. The zero-order valence-corrected chi connectivity index (χ0v) is 11.3. The molecule has 1 amide bonds. The average Bonchev–Trinajstić information content (AvgIpc) is 3.02. The number of amides is 1. The summed E-state index contributed by atoms with van der Waals surface area (Å²) in [6.45, 7) is 5.41. The second kappa shape index (κ2) is 4.99. The van der Waals surface area contributed by atoms with Crippen molar-refractivity contribution >= 4 is 11.9 Å². The third-order valence-corrected chi connectivity index (χ3v) is 3.15. The van der Waals surface area contributed by atoms with E-state index in [-0.39, 0.29) is 23.6 Å². The minimum Gasteiger partial charge on any atom is -0.476 e. The van der Waals surface area contributed by atoms with E-state index >= 15 is 0 Å². The van der Waals surface area contributed by atoms with Gasteiger partial charge in [0.25, 0.3) is 0 Å². The molecule has 2 rings (SSSR count). The second-order valence-corrected chi connectivity index (χ2v) is 5.19. The Morgan fingerprint density at radius 2 is 2.00 bits per heavy atom. The van der Waals surface area contributed by atoms with Gasteiger partial charge in [-0.3, -0.25) is 4.79 Å². The van der Waals surface area contributed by atoms with Gasteiger partial charge in [0.15, 0.2) is 5.69 Å². The highest BCUT2D eigenvalue weighted by Crippen LogP contribution is 2.23. The van der Waals surface area contributed by atoms with Crippen molar-refractivity contribution in [1.82, 2.24) is 20.3 Å². The summed E-state index contributed by atoms with van der Waals surface area (Å²) < 4.78 is 1.41. The van der Waals surface area contributed by atoms with Crippen molar-refractivity contribution in [3.63, 3.8) is 0 Å². The average molecular weight is 266 g/mol. The van der Waals surface area contributed by atoms with Gasteiger partial charge in [0.2, 0.25) is 5.91 Å². The van der Waals surface area contributed by atoms with Crippen LogP contribution < -0.4 is 5.32 Å². The monoisotopic (exact) mass is 266 g/mol. The van der Waals surface area contributed by atoms with E-state index in [1.165, 1.54) is 4.68 Å². The summed E-state index contributed by atoms with van der Waals surface area (Å²) in [6.07, 6.45) is 2.01. The van der Waals surface area contributed by atoms with Gasteiger partial charge in [0.05, 0.1) is 5.69 Å². The molecule has 7 heteroatoms. The van der Waals surface area contributed by atoms with Crippen LogP contribution in [0.15, 0.2) is 0 Å². The maximum atomic E-state index is 12.0. The zero-order chi connectivity index (χ0) is 14.2. The second-order valence-electron chi connectivity index (χ2n) is 5.19. The van der Waals surface area contributed by atoms with Crippen LogP contribution >= 0.6 is 0 Å². The number of aromatic carboxylic acids is 1. The Bertz CT molecular complexity index is 505. The molecule has 19 heavy (non-hydrogen) atoms. The SMILES string of the molecule is CC(C)c1c(C(=O)O)nnn1C(C)C(=O)NC1CC1. The van der Waals surface area contributed by atoms with E-state index in [4.69, 9.17) is 5.11 Å². The molecule has 1 atom stereocenters. The first-order valence-corrected chi connectivity index (χ1v) is 6.40. The van der Waals surface area contributed by atoms with E-state index in [1.54, 1.807) is 6.92 Å². The molecule has 1 fully saturated rings. The smallest absolute Gasteiger partial charge is 0.358 e. The van der Waals surface area contributed by atoms with Crippen molar-refractivity contribution in [3.05, 3.63) is 11.4 Å². The van der Waals surface area contributed by atoms with Crippen molar-refractivity contribution < 1.29 is 14.7 Å². The van der Waals surface area contributed by atoms with Gasteiger partial charge in [-0.05, 0) is 25.7 Å². The Balaban J connectivity index is 2.27. The number of nitrogens with one attached hydrogen (secondary N) is 1. The van der Waals surface area contributed by atoms with E-state index < -0.39 is 12.0 Å². The molecule has 2 N–H and O–H groups in total. The maximum absolute atomic E-state index is 12.0. The van der Waals surface area contributed by atoms with Crippen molar-refractivity contribution in [2.24, 2.45) is 0 Å². The largest absolute Gasteiger partial charge is 0.476 e. The molecule has 0 saturated heterocycles. The van der Waals surface area contributed by atoms with E-state index in [0.29, 0.717) is 5.69 Å². The first kappa shape index (κ1) is 13.5. The maximum Gasteiger partial charge on any atom is 0.358 e. The molecule has 1 saturated carbocycles. The van der Waals surface area contributed by atoms with Crippen LogP contribution in [0.25, 0.3) is 0 Å². The number of carbonyl (C=O) groups excluding carboxylic acids is 1. The molecule has 1 heterocycles. The number of carboxylic acids is 1. The van der Waals surface area contributed by atoms with E-state index in [9.17, 15) is 9.59 Å². The lowest BCUT2D eigenvalue weighted by atomic mass is 10.1. The molecule has 0 spiro atoms. The van der Waals surface area contributed by atoms with Crippen molar-refractivity contribution in [1.29, 1.82) is 0 Å². The Hall–Kier alpha value is -1.92. The van der Waals surface area contributed by atoms with E-state index in [2.05, 4.69) is 15.6 Å². The van der Waals surface area contributed by atoms with Crippen LogP contribution in [-0.4, -0.2) is 38.0 Å². The molecule has 104 valence electrons. The Labute approximate surface area is 111 Å². The highest BCUT2D eigenvalue weighted by molar-refractivity contribution is 5.87. The summed E-state index contributed by atoms with van der Waals surface area (Å²) in [4.78, 5) is 23.1. The summed E-state index contributed by atoms with van der Waals surface area (Å²) in [5.74, 6) is -1.34. The third-order valence-electron chi connectivity index (χ3n) is 3.15. The van der Waals surface area contributed by atoms with Crippen molar-refractivity contribution in [2.75, 3.05) is 0 Å². The Morgan fingerprint density at radius 3 is 2.47 bits per heavy atom. The van der Waals surface area contributed by atoms with Gasteiger partial charge < -0.3 is 10.4 Å².